The third-order valence-electron chi connectivity index (χ3n) is 3.23. The molecule has 1 amide bonds. The summed E-state index contributed by atoms with van der Waals surface area (Å²) < 4.78 is 5.30. The first kappa shape index (κ1) is 15.0. The van der Waals surface area contributed by atoms with Gasteiger partial charge >= 0.3 is 0 Å². The largest absolute Gasteiger partial charge is 0.478 e. The molecule has 0 aliphatic heterocycles. The lowest BCUT2D eigenvalue weighted by Crippen LogP contribution is -2.23. The maximum absolute atomic E-state index is 12.2. The Balaban J connectivity index is 2.02. The monoisotopic (exact) mass is 284 g/mol. The van der Waals surface area contributed by atoms with Gasteiger partial charge in [0.05, 0.1) is 6.61 Å². The molecule has 110 valence electrons. The van der Waals surface area contributed by atoms with Crippen LogP contribution >= 0.6 is 0 Å². The number of amides is 1. The number of carbonyl (C=O) groups excluding carboxylic acids is 1. The van der Waals surface area contributed by atoms with Gasteiger partial charge in [0.25, 0.3) is 5.91 Å². The van der Waals surface area contributed by atoms with E-state index in [-0.39, 0.29) is 5.91 Å². The van der Waals surface area contributed by atoms with Crippen molar-refractivity contribution in [2.24, 2.45) is 0 Å². The van der Waals surface area contributed by atoms with Crippen molar-refractivity contribution in [1.82, 2.24) is 10.3 Å². The Morgan fingerprint density at radius 1 is 1.24 bits per heavy atom. The van der Waals surface area contributed by atoms with Crippen LogP contribution in [0.1, 0.15) is 34.0 Å². The number of rotatable bonds is 5. The molecule has 1 heterocycles. The third-order valence-corrected chi connectivity index (χ3v) is 3.23. The van der Waals surface area contributed by atoms with Crippen molar-refractivity contribution < 1.29 is 9.53 Å². The van der Waals surface area contributed by atoms with Crippen LogP contribution in [0.15, 0.2) is 36.5 Å². The maximum atomic E-state index is 12.2. The van der Waals surface area contributed by atoms with E-state index in [1.807, 2.05) is 26.0 Å². The quantitative estimate of drug-likeness (QED) is 0.918. The van der Waals surface area contributed by atoms with E-state index >= 15 is 0 Å². The molecular formula is C17H20N2O2. The van der Waals surface area contributed by atoms with Crippen LogP contribution in [0.3, 0.4) is 0 Å². The zero-order valence-electron chi connectivity index (χ0n) is 12.6. The van der Waals surface area contributed by atoms with Gasteiger partial charge in [-0.2, -0.15) is 0 Å². The lowest BCUT2D eigenvalue weighted by atomic mass is 10.1. The van der Waals surface area contributed by atoms with Gasteiger partial charge in [0, 0.05) is 24.4 Å². The Hall–Kier alpha value is -2.36. The van der Waals surface area contributed by atoms with Crippen molar-refractivity contribution in [3.05, 3.63) is 58.8 Å². The number of hydrogen-bond donors (Lipinski definition) is 1. The summed E-state index contributed by atoms with van der Waals surface area (Å²) in [6, 6.07) is 9.54. The Labute approximate surface area is 125 Å². The molecule has 2 rings (SSSR count). The number of benzene rings is 1. The van der Waals surface area contributed by atoms with Crippen LogP contribution in [-0.2, 0) is 6.54 Å². The molecule has 4 nitrogen and oxygen atoms in total. The SMILES string of the molecule is CCOc1cc(C(=O)NCc2ccc(C)cc2C)ccn1. The molecule has 0 fully saturated rings. The molecule has 1 N–H and O–H groups in total. The normalized spacial score (nSPS) is 10.2. The van der Waals surface area contributed by atoms with Gasteiger partial charge in [0.15, 0.2) is 0 Å². The molecule has 0 saturated carbocycles. The van der Waals surface area contributed by atoms with Crippen molar-refractivity contribution in [3.8, 4) is 5.88 Å². The predicted molar refractivity (Wildman–Crippen MR) is 82.5 cm³/mol. The molecule has 0 radical (unpaired) electrons. The molecule has 0 unspecified atom stereocenters. The first-order chi connectivity index (χ1) is 10.1. The third kappa shape index (κ3) is 4.05. The highest BCUT2D eigenvalue weighted by Gasteiger charge is 2.08. The van der Waals surface area contributed by atoms with E-state index in [0.29, 0.717) is 24.6 Å². The second-order valence-electron chi connectivity index (χ2n) is 4.93. The van der Waals surface area contributed by atoms with E-state index in [1.165, 1.54) is 11.1 Å². The number of hydrogen-bond acceptors (Lipinski definition) is 3. The molecule has 21 heavy (non-hydrogen) atoms. The predicted octanol–water partition coefficient (Wildman–Crippen LogP) is 3.03. The van der Waals surface area contributed by atoms with Crippen LogP contribution in [0.25, 0.3) is 0 Å². The smallest absolute Gasteiger partial charge is 0.251 e. The van der Waals surface area contributed by atoms with Crippen LogP contribution in [0.2, 0.25) is 0 Å². The number of pyridine rings is 1. The summed E-state index contributed by atoms with van der Waals surface area (Å²) in [5.41, 5.74) is 4.07. The molecule has 0 saturated heterocycles. The zero-order valence-corrected chi connectivity index (χ0v) is 12.6. The van der Waals surface area contributed by atoms with Crippen LogP contribution in [0.5, 0.6) is 5.88 Å². The van der Waals surface area contributed by atoms with Crippen molar-refractivity contribution in [1.29, 1.82) is 0 Å². The fraction of sp³-hybridized carbons (Fsp3) is 0.294. The van der Waals surface area contributed by atoms with E-state index in [1.54, 1.807) is 18.3 Å². The highest BCUT2D eigenvalue weighted by Crippen LogP contribution is 2.12. The minimum Gasteiger partial charge on any atom is -0.478 e. The summed E-state index contributed by atoms with van der Waals surface area (Å²) in [7, 11) is 0. The maximum Gasteiger partial charge on any atom is 0.251 e. The van der Waals surface area contributed by atoms with Crippen molar-refractivity contribution in [3.63, 3.8) is 0 Å². The zero-order chi connectivity index (χ0) is 15.2. The second-order valence-corrected chi connectivity index (χ2v) is 4.93. The van der Waals surface area contributed by atoms with Crippen molar-refractivity contribution in [2.75, 3.05) is 6.61 Å². The van der Waals surface area contributed by atoms with E-state index in [4.69, 9.17) is 4.74 Å². The standard InChI is InChI=1S/C17H20N2O2/c1-4-21-16-10-14(7-8-18-16)17(20)19-11-15-6-5-12(2)9-13(15)3/h5-10H,4,11H2,1-3H3,(H,19,20). The lowest BCUT2D eigenvalue weighted by Gasteiger charge is -2.09. The van der Waals surface area contributed by atoms with Crippen LogP contribution in [-0.4, -0.2) is 17.5 Å². The average Bonchev–Trinajstić information content (AvgIpc) is 2.47. The van der Waals surface area contributed by atoms with Gasteiger partial charge in [-0.05, 0) is 38.0 Å². The number of ether oxygens (including phenoxy) is 1. The Morgan fingerprint density at radius 2 is 2.05 bits per heavy atom. The Morgan fingerprint density at radius 3 is 2.76 bits per heavy atom. The topological polar surface area (TPSA) is 51.2 Å². The van der Waals surface area contributed by atoms with Gasteiger partial charge < -0.3 is 10.1 Å². The van der Waals surface area contributed by atoms with Crippen LogP contribution in [0, 0.1) is 13.8 Å². The summed E-state index contributed by atoms with van der Waals surface area (Å²) in [6.07, 6.45) is 1.58. The molecule has 0 aliphatic rings. The van der Waals surface area contributed by atoms with Crippen molar-refractivity contribution >= 4 is 5.91 Å². The second kappa shape index (κ2) is 6.88. The molecule has 0 spiro atoms. The molecule has 1 aromatic carbocycles. The Kier molecular flexibility index (Phi) is 4.93. The highest BCUT2D eigenvalue weighted by atomic mass is 16.5. The molecule has 4 heteroatoms. The van der Waals surface area contributed by atoms with E-state index in [2.05, 4.69) is 23.3 Å². The molecule has 0 atom stereocenters. The van der Waals surface area contributed by atoms with Gasteiger partial charge in [0.1, 0.15) is 0 Å². The fourth-order valence-electron chi connectivity index (χ4n) is 2.10. The first-order valence-electron chi connectivity index (χ1n) is 7.03. The average molecular weight is 284 g/mol. The van der Waals surface area contributed by atoms with Gasteiger partial charge in [-0.25, -0.2) is 4.98 Å². The summed E-state index contributed by atoms with van der Waals surface area (Å²) in [5.74, 6) is 0.343. The molecule has 2 aromatic rings. The minimum atomic E-state index is -0.127. The summed E-state index contributed by atoms with van der Waals surface area (Å²) >= 11 is 0. The first-order valence-corrected chi connectivity index (χ1v) is 7.03. The lowest BCUT2D eigenvalue weighted by molar-refractivity contribution is 0.0950. The van der Waals surface area contributed by atoms with Gasteiger partial charge in [-0.3, -0.25) is 4.79 Å². The van der Waals surface area contributed by atoms with E-state index in [0.717, 1.165) is 5.56 Å². The summed E-state index contributed by atoms with van der Waals surface area (Å²) in [6.45, 7) is 7.03. The van der Waals surface area contributed by atoms with Crippen LogP contribution in [0.4, 0.5) is 0 Å². The fourth-order valence-corrected chi connectivity index (χ4v) is 2.10. The molecular weight excluding hydrogens is 264 g/mol. The molecule has 1 aromatic heterocycles. The van der Waals surface area contributed by atoms with Crippen molar-refractivity contribution in [2.45, 2.75) is 27.3 Å². The number of aryl methyl sites for hydroxylation is 2. The van der Waals surface area contributed by atoms with Gasteiger partial charge in [-0.1, -0.05) is 23.8 Å². The van der Waals surface area contributed by atoms with E-state index in [9.17, 15) is 4.79 Å². The minimum absolute atomic E-state index is 0.127. The van der Waals surface area contributed by atoms with E-state index < -0.39 is 0 Å². The summed E-state index contributed by atoms with van der Waals surface area (Å²) in [5, 5.41) is 2.92. The molecule has 0 aliphatic carbocycles. The van der Waals surface area contributed by atoms with Gasteiger partial charge in [-0.15, -0.1) is 0 Å². The summed E-state index contributed by atoms with van der Waals surface area (Å²) in [4.78, 5) is 16.2. The molecule has 0 bridgehead atoms. The number of carbonyl (C=O) groups is 1. The number of aromatic nitrogens is 1. The van der Waals surface area contributed by atoms with Gasteiger partial charge in [0.2, 0.25) is 5.88 Å². The van der Waals surface area contributed by atoms with Crippen LogP contribution < -0.4 is 10.1 Å². The Bertz CT molecular complexity index is 638. The number of nitrogens with one attached hydrogen (secondary N) is 1. The highest BCUT2D eigenvalue weighted by molar-refractivity contribution is 5.94. The number of nitrogens with zero attached hydrogens (tertiary/aromatic N) is 1.